The number of likely N-dealkylation sites (N-methyl/N-ethyl adjacent to an activating group) is 1. The first-order chi connectivity index (χ1) is 6.52. The van der Waals surface area contributed by atoms with Gasteiger partial charge in [-0.1, -0.05) is 0 Å². The summed E-state index contributed by atoms with van der Waals surface area (Å²) in [6.07, 6.45) is -0.741. The lowest BCUT2D eigenvalue weighted by molar-refractivity contribution is 0.0525. The van der Waals surface area contributed by atoms with Crippen molar-refractivity contribution in [3.8, 4) is 0 Å². The Kier molecular flexibility index (Phi) is 3.43. The molecular formula is C9H20N2O2. The second-order valence-electron chi connectivity index (χ2n) is 4.04. The monoisotopic (exact) mass is 190 g/mol. The van der Waals surface area contributed by atoms with E-state index < -0.39 is 18.2 Å². The first-order valence-corrected chi connectivity index (χ1v) is 4.18. The lowest BCUT2D eigenvalue weighted by atomic mass is 10.2. The van der Waals surface area contributed by atoms with Crippen LogP contribution in [-0.2, 0) is 4.74 Å². The first kappa shape index (κ1) is 8.81. The molecule has 78 valence electrons. The maximum Gasteiger partial charge on any atom is 0.407 e. The van der Waals surface area contributed by atoms with Crippen molar-refractivity contribution in [2.75, 3.05) is 27.1 Å². The van der Waals surface area contributed by atoms with Crippen molar-refractivity contribution in [3.63, 3.8) is 0 Å². The first-order valence-electron chi connectivity index (χ1n) is 5.18. The smallest absolute Gasteiger partial charge is 0.407 e. The minimum Gasteiger partial charge on any atom is -0.444 e. The Morgan fingerprint density at radius 1 is 1.54 bits per heavy atom. The van der Waals surface area contributed by atoms with E-state index in [0.29, 0.717) is 0 Å². The molecule has 0 aliphatic heterocycles. The summed E-state index contributed by atoms with van der Waals surface area (Å²) in [6, 6.07) is 0. The van der Waals surface area contributed by atoms with E-state index in [1.165, 1.54) is 0 Å². The van der Waals surface area contributed by atoms with Crippen molar-refractivity contribution >= 4 is 6.09 Å². The molecule has 0 saturated carbocycles. The van der Waals surface area contributed by atoms with E-state index in [9.17, 15) is 4.79 Å². The summed E-state index contributed by atoms with van der Waals surface area (Å²) >= 11 is 0. The zero-order valence-corrected chi connectivity index (χ0v) is 8.97. The minimum absolute atomic E-state index is 0.103. The van der Waals surface area contributed by atoms with E-state index in [-0.39, 0.29) is 6.54 Å². The number of nitrogens with zero attached hydrogens (tertiary/aromatic N) is 1. The Bertz CT molecular complexity index is 225. The van der Waals surface area contributed by atoms with Gasteiger partial charge in [0.2, 0.25) is 0 Å². The zero-order valence-electron chi connectivity index (χ0n) is 11.0. The highest BCUT2D eigenvalue weighted by atomic mass is 16.6. The lowest BCUT2D eigenvalue weighted by Crippen LogP contribution is -2.36. The number of alkyl carbamates (subject to hydrolysis) is 1. The Morgan fingerprint density at radius 3 is 2.46 bits per heavy atom. The number of nitrogens with one attached hydrogen (secondary N) is 1. The van der Waals surface area contributed by atoms with Gasteiger partial charge in [-0.25, -0.2) is 4.79 Å². The van der Waals surface area contributed by atoms with Crippen molar-refractivity contribution in [3.05, 3.63) is 0 Å². The molecule has 0 rings (SSSR count). The Morgan fingerprint density at radius 2 is 2.08 bits per heavy atom. The molecule has 0 saturated heterocycles. The van der Waals surface area contributed by atoms with Crippen LogP contribution in [0.5, 0.6) is 0 Å². The van der Waals surface area contributed by atoms with Crippen LogP contribution in [0.3, 0.4) is 0 Å². The third-order valence-electron chi connectivity index (χ3n) is 0.985. The highest BCUT2D eigenvalue weighted by Crippen LogP contribution is 2.05. The van der Waals surface area contributed by atoms with Gasteiger partial charge in [-0.2, -0.15) is 0 Å². The predicted octanol–water partition coefficient (Wildman–Crippen LogP) is 1.07. The summed E-state index contributed by atoms with van der Waals surface area (Å²) < 4.78 is 20.0. The van der Waals surface area contributed by atoms with Crippen LogP contribution in [0.1, 0.15) is 23.5 Å². The number of carbonyl (C=O) groups is 1. The molecule has 0 spiro atoms. The number of ether oxygens (including phenoxy) is 1. The molecule has 0 bridgehead atoms. The highest BCUT2D eigenvalue weighted by molar-refractivity contribution is 5.67. The number of amides is 1. The van der Waals surface area contributed by atoms with Crippen molar-refractivity contribution < 1.29 is 12.3 Å². The largest absolute Gasteiger partial charge is 0.444 e. The van der Waals surface area contributed by atoms with Gasteiger partial charge in [0.1, 0.15) is 5.60 Å². The van der Waals surface area contributed by atoms with Gasteiger partial charge in [-0.15, -0.1) is 0 Å². The fourth-order valence-electron chi connectivity index (χ4n) is 0.573. The molecule has 0 radical (unpaired) electrons. The van der Waals surface area contributed by atoms with Crippen LogP contribution >= 0.6 is 0 Å². The van der Waals surface area contributed by atoms with E-state index in [4.69, 9.17) is 7.48 Å². The molecule has 13 heavy (non-hydrogen) atoms. The van der Waals surface area contributed by atoms with E-state index >= 15 is 0 Å². The Hall–Kier alpha value is -0.770. The van der Waals surface area contributed by atoms with Gasteiger partial charge < -0.3 is 15.0 Å². The molecule has 0 heterocycles. The fourth-order valence-corrected chi connectivity index (χ4v) is 0.573. The molecular weight excluding hydrogens is 168 g/mol. The molecule has 1 N–H and O–H groups in total. The van der Waals surface area contributed by atoms with Crippen LogP contribution in [-0.4, -0.2) is 43.7 Å². The normalized spacial score (nSPS) is 14.9. The van der Waals surface area contributed by atoms with E-state index in [1.54, 1.807) is 39.8 Å². The predicted molar refractivity (Wildman–Crippen MR) is 52.8 cm³/mol. The summed E-state index contributed by atoms with van der Waals surface area (Å²) in [7, 11) is 3.46. The number of hydrogen-bond acceptors (Lipinski definition) is 3. The quantitative estimate of drug-likeness (QED) is 0.724. The molecule has 4 nitrogen and oxygen atoms in total. The second kappa shape index (κ2) is 5.07. The minimum atomic E-state index is -1.79. The molecule has 0 fully saturated rings. The van der Waals surface area contributed by atoms with Crippen molar-refractivity contribution in [1.82, 2.24) is 10.2 Å². The molecule has 0 aromatic heterocycles. The van der Waals surface area contributed by atoms with Gasteiger partial charge in [0.25, 0.3) is 0 Å². The number of carbonyl (C=O) groups excluding carboxylic acids is 1. The number of rotatable bonds is 3. The lowest BCUT2D eigenvalue weighted by Gasteiger charge is -2.20. The Labute approximate surface area is 83.1 Å². The molecule has 0 atom stereocenters. The summed E-state index contributed by atoms with van der Waals surface area (Å²) in [6.45, 7) is 3.51. The van der Waals surface area contributed by atoms with Crippen LogP contribution < -0.4 is 5.32 Å². The van der Waals surface area contributed by atoms with E-state index in [1.807, 2.05) is 0 Å². The van der Waals surface area contributed by atoms with Crippen LogP contribution in [0, 0.1) is 0 Å². The molecule has 0 aliphatic rings. The summed E-state index contributed by atoms with van der Waals surface area (Å²) in [5.74, 6) is 0. The van der Waals surface area contributed by atoms with Crippen molar-refractivity contribution in [2.45, 2.75) is 26.4 Å². The van der Waals surface area contributed by atoms with Gasteiger partial charge in [-0.3, -0.25) is 0 Å². The van der Waals surface area contributed by atoms with E-state index in [2.05, 4.69) is 5.32 Å². The maximum atomic E-state index is 11.3. The fraction of sp³-hybridized carbons (Fsp3) is 0.889. The third kappa shape index (κ3) is 9.14. The van der Waals surface area contributed by atoms with Gasteiger partial charge in [0.05, 0.1) is 2.74 Å². The average Bonchev–Trinajstić information content (AvgIpc) is 1.73. The van der Waals surface area contributed by atoms with Crippen LogP contribution in [0.4, 0.5) is 4.79 Å². The van der Waals surface area contributed by atoms with Crippen LogP contribution in [0.25, 0.3) is 0 Å². The van der Waals surface area contributed by atoms with Crippen LogP contribution in [0.15, 0.2) is 0 Å². The standard InChI is InChI=1S/C9H20N2O2/c1-9(2,3)13-8(12)10-6-7-11(4)5/h6-7H2,1-5H3,(H,10,12)/i6D2. The topological polar surface area (TPSA) is 41.6 Å². The van der Waals surface area contributed by atoms with Gasteiger partial charge in [0, 0.05) is 13.0 Å². The van der Waals surface area contributed by atoms with Crippen molar-refractivity contribution in [2.24, 2.45) is 0 Å². The zero-order chi connectivity index (χ0) is 12.3. The SMILES string of the molecule is [2H]C([2H])(CN(C)C)NC(=O)OC(C)(C)C. The number of hydrogen-bond donors (Lipinski definition) is 1. The van der Waals surface area contributed by atoms with Gasteiger partial charge in [0.15, 0.2) is 0 Å². The third-order valence-corrected chi connectivity index (χ3v) is 0.985. The molecule has 0 aliphatic carbocycles. The molecule has 4 heteroatoms. The summed E-state index contributed by atoms with van der Waals surface area (Å²) in [5, 5.41) is 2.17. The molecule has 0 unspecified atom stereocenters. The summed E-state index contributed by atoms with van der Waals surface area (Å²) in [5.41, 5.74) is -0.613. The highest BCUT2D eigenvalue weighted by Gasteiger charge is 2.15. The molecule has 1 amide bonds. The average molecular weight is 190 g/mol. The van der Waals surface area contributed by atoms with Gasteiger partial charge >= 0.3 is 6.09 Å². The van der Waals surface area contributed by atoms with Crippen molar-refractivity contribution in [1.29, 1.82) is 0 Å². The second-order valence-corrected chi connectivity index (χ2v) is 4.04. The summed E-state index contributed by atoms with van der Waals surface area (Å²) in [4.78, 5) is 12.9. The van der Waals surface area contributed by atoms with E-state index in [0.717, 1.165) is 0 Å². The van der Waals surface area contributed by atoms with Crippen LogP contribution in [0.2, 0.25) is 0 Å². The molecule has 0 aromatic carbocycles. The maximum absolute atomic E-state index is 11.3. The van der Waals surface area contributed by atoms with Gasteiger partial charge in [-0.05, 0) is 34.9 Å². The Balaban J connectivity index is 4.16. The molecule has 0 aromatic rings.